The summed E-state index contributed by atoms with van der Waals surface area (Å²) in [5.41, 5.74) is 7.44. The molecular formula is C55H38N3OPS. The Morgan fingerprint density at radius 1 is 0.443 bits per heavy atom. The van der Waals surface area contributed by atoms with E-state index >= 15 is 4.57 Å². The number of thiophene rings is 1. The molecule has 0 amide bonds. The Morgan fingerprint density at radius 2 is 1.00 bits per heavy atom. The quantitative estimate of drug-likeness (QED) is 0.155. The van der Waals surface area contributed by atoms with Gasteiger partial charge in [-0.2, -0.15) is 0 Å². The third-order valence-corrected chi connectivity index (χ3v) is 15.8. The molecule has 1 aromatic heterocycles. The molecule has 10 aromatic rings. The fraction of sp³-hybridized carbons (Fsp3) is 0.0182. The van der Waals surface area contributed by atoms with Crippen molar-refractivity contribution in [3.05, 3.63) is 235 Å². The second-order valence-electron chi connectivity index (χ2n) is 15.3. The van der Waals surface area contributed by atoms with Crippen molar-refractivity contribution in [1.29, 1.82) is 0 Å². The lowest BCUT2D eigenvalue weighted by Gasteiger charge is -2.24. The van der Waals surface area contributed by atoms with E-state index in [4.69, 9.17) is 9.98 Å². The van der Waals surface area contributed by atoms with E-state index < -0.39 is 7.14 Å². The van der Waals surface area contributed by atoms with Gasteiger partial charge in [0, 0.05) is 47.2 Å². The summed E-state index contributed by atoms with van der Waals surface area (Å²) >= 11 is 1.81. The summed E-state index contributed by atoms with van der Waals surface area (Å²) in [4.78, 5) is 10.3. The molecule has 4 nitrogen and oxygen atoms in total. The van der Waals surface area contributed by atoms with Crippen LogP contribution in [0.5, 0.6) is 0 Å². The standard InChI is InChI=1S/C55H38N3OPS/c59-60(41-23-9-3-10-24-41,42-25-11-4-12-26-42)43-27-17-22-39(34-43)49-35-40(36-51-52(49)48-30-15-16-31-50(48)61-51)44-32-33-47(46-29-14-13-28-45(44)46)55-57-53(37-18-5-1-6-19-37)56-54(58-55)38-20-7-2-8-21-38/h1-36,53H,(H,56,57,58). The van der Waals surface area contributed by atoms with Gasteiger partial charge < -0.3 is 9.88 Å². The summed E-state index contributed by atoms with van der Waals surface area (Å²) in [6, 6.07) is 75.2. The second kappa shape index (κ2) is 15.5. The van der Waals surface area contributed by atoms with E-state index in [2.05, 4.69) is 121 Å². The van der Waals surface area contributed by atoms with Gasteiger partial charge in [-0.05, 0) is 62.9 Å². The molecule has 1 unspecified atom stereocenters. The van der Waals surface area contributed by atoms with Gasteiger partial charge in [0.2, 0.25) is 0 Å². The predicted molar refractivity (Wildman–Crippen MR) is 259 cm³/mol. The van der Waals surface area contributed by atoms with Crippen LogP contribution in [-0.2, 0) is 4.57 Å². The average molecular weight is 820 g/mol. The van der Waals surface area contributed by atoms with Crippen LogP contribution in [-0.4, -0.2) is 11.7 Å². The largest absolute Gasteiger partial charge is 0.344 e. The van der Waals surface area contributed by atoms with Crippen molar-refractivity contribution in [2.24, 2.45) is 9.98 Å². The molecule has 0 aliphatic carbocycles. The van der Waals surface area contributed by atoms with Gasteiger partial charge in [0.25, 0.3) is 0 Å². The molecule has 0 saturated heterocycles. The van der Waals surface area contributed by atoms with E-state index in [-0.39, 0.29) is 6.17 Å². The van der Waals surface area contributed by atoms with Gasteiger partial charge in [-0.1, -0.05) is 194 Å². The van der Waals surface area contributed by atoms with Gasteiger partial charge in [-0.3, -0.25) is 0 Å². The summed E-state index contributed by atoms with van der Waals surface area (Å²) in [5, 5.41) is 10.8. The summed E-state index contributed by atoms with van der Waals surface area (Å²) in [7, 11) is -3.21. The zero-order chi connectivity index (χ0) is 40.8. The van der Waals surface area contributed by atoms with Gasteiger partial charge in [-0.15, -0.1) is 11.3 Å². The van der Waals surface area contributed by atoms with Gasteiger partial charge in [0.05, 0.1) is 0 Å². The molecule has 0 spiro atoms. The van der Waals surface area contributed by atoms with Crippen LogP contribution < -0.4 is 21.2 Å². The maximum absolute atomic E-state index is 15.6. The topological polar surface area (TPSA) is 53.8 Å². The minimum atomic E-state index is -3.21. The number of benzene rings is 9. The molecule has 61 heavy (non-hydrogen) atoms. The maximum Gasteiger partial charge on any atom is 0.171 e. The van der Waals surface area contributed by atoms with Crippen molar-refractivity contribution in [1.82, 2.24) is 5.32 Å². The van der Waals surface area contributed by atoms with Crippen LogP contribution in [0.1, 0.15) is 22.9 Å². The van der Waals surface area contributed by atoms with Crippen LogP contribution in [0.4, 0.5) is 0 Å². The zero-order valence-corrected chi connectivity index (χ0v) is 34.7. The van der Waals surface area contributed by atoms with Gasteiger partial charge >= 0.3 is 0 Å². The SMILES string of the molecule is O=P(c1ccccc1)(c1ccccc1)c1cccc(-c2cc(-c3ccc(C4=NC(c5ccccc5)=NC(c5ccccc5)N4)c4ccccc34)cc3sc4ccccc4c23)c1. The van der Waals surface area contributed by atoms with Crippen LogP contribution in [0.15, 0.2) is 228 Å². The molecule has 1 aliphatic rings. The predicted octanol–water partition coefficient (Wildman–Crippen LogP) is 12.7. The molecule has 11 rings (SSSR count). The van der Waals surface area contributed by atoms with Crippen molar-refractivity contribution in [2.45, 2.75) is 6.17 Å². The van der Waals surface area contributed by atoms with Crippen molar-refractivity contribution >= 4 is 77.0 Å². The van der Waals surface area contributed by atoms with Crippen molar-refractivity contribution in [3.63, 3.8) is 0 Å². The first kappa shape index (κ1) is 36.9. The van der Waals surface area contributed by atoms with E-state index in [0.29, 0.717) is 5.84 Å². The third kappa shape index (κ3) is 6.60. The Bertz CT molecular complexity index is 3320. The van der Waals surface area contributed by atoms with Crippen LogP contribution in [0, 0.1) is 0 Å². The van der Waals surface area contributed by atoms with E-state index in [1.165, 1.54) is 20.2 Å². The molecule has 0 saturated carbocycles. The van der Waals surface area contributed by atoms with E-state index in [1.807, 2.05) is 114 Å². The number of nitrogens with zero attached hydrogens (tertiary/aromatic N) is 2. The Kier molecular flexibility index (Phi) is 9.34. The van der Waals surface area contributed by atoms with E-state index in [9.17, 15) is 0 Å². The fourth-order valence-corrected chi connectivity index (χ4v) is 12.6. The first-order valence-electron chi connectivity index (χ1n) is 20.5. The molecule has 0 fully saturated rings. The first-order valence-corrected chi connectivity index (χ1v) is 23.0. The van der Waals surface area contributed by atoms with Crippen LogP contribution in [0.3, 0.4) is 0 Å². The Hall–Kier alpha value is -7.17. The minimum Gasteiger partial charge on any atom is -0.344 e. The van der Waals surface area contributed by atoms with Crippen molar-refractivity contribution in [2.75, 3.05) is 0 Å². The monoisotopic (exact) mass is 819 g/mol. The maximum atomic E-state index is 15.6. The van der Waals surface area contributed by atoms with E-state index in [0.717, 1.165) is 71.5 Å². The number of hydrogen-bond donors (Lipinski definition) is 1. The van der Waals surface area contributed by atoms with Gasteiger partial charge in [0.15, 0.2) is 13.0 Å². The molecule has 9 aromatic carbocycles. The summed E-state index contributed by atoms with van der Waals surface area (Å²) in [6.07, 6.45) is -0.296. The molecule has 6 heteroatoms. The Balaban J connectivity index is 1.09. The van der Waals surface area contributed by atoms with E-state index in [1.54, 1.807) is 0 Å². The number of aliphatic imine (C=N–C) groups is 2. The third-order valence-electron chi connectivity index (χ3n) is 11.6. The summed E-state index contributed by atoms with van der Waals surface area (Å²) < 4.78 is 18.0. The van der Waals surface area contributed by atoms with Gasteiger partial charge in [-0.25, -0.2) is 9.98 Å². The number of fused-ring (bicyclic) bond motifs is 4. The molecule has 2 heterocycles. The highest BCUT2D eigenvalue weighted by atomic mass is 32.1. The number of amidine groups is 2. The van der Waals surface area contributed by atoms with Gasteiger partial charge in [0.1, 0.15) is 12.0 Å². The number of hydrogen-bond acceptors (Lipinski definition) is 5. The fourth-order valence-electron chi connectivity index (χ4n) is 8.70. The first-order chi connectivity index (χ1) is 30.1. The number of nitrogens with one attached hydrogen (secondary N) is 1. The molecule has 1 aliphatic heterocycles. The lowest BCUT2D eigenvalue weighted by atomic mass is 9.91. The normalized spacial score (nSPS) is 14.1. The lowest BCUT2D eigenvalue weighted by Crippen LogP contribution is -2.33. The highest BCUT2D eigenvalue weighted by molar-refractivity contribution is 7.85. The van der Waals surface area contributed by atoms with Crippen molar-refractivity contribution < 1.29 is 4.57 Å². The smallest absolute Gasteiger partial charge is 0.171 e. The molecular weight excluding hydrogens is 782 g/mol. The Morgan fingerprint density at radius 3 is 1.70 bits per heavy atom. The second-order valence-corrected chi connectivity index (χ2v) is 19.1. The van der Waals surface area contributed by atoms with Crippen LogP contribution in [0.2, 0.25) is 0 Å². The van der Waals surface area contributed by atoms with Crippen LogP contribution in [0.25, 0.3) is 53.2 Å². The summed E-state index contributed by atoms with van der Waals surface area (Å²) in [6.45, 7) is 0. The molecule has 1 atom stereocenters. The highest BCUT2D eigenvalue weighted by Gasteiger charge is 2.30. The lowest BCUT2D eigenvalue weighted by molar-refractivity contribution is 0.592. The molecule has 290 valence electrons. The van der Waals surface area contributed by atoms with Crippen LogP contribution >= 0.6 is 18.5 Å². The number of rotatable bonds is 8. The molecule has 0 radical (unpaired) electrons. The average Bonchev–Trinajstić information content (AvgIpc) is 3.73. The van der Waals surface area contributed by atoms with Crippen molar-refractivity contribution in [3.8, 4) is 22.3 Å². The Labute approximate surface area is 358 Å². The summed E-state index contributed by atoms with van der Waals surface area (Å²) in [5.74, 6) is 1.48. The zero-order valence-electron chi connectivity index (χ0n) is 33.0. The highest BCUT2D eigenvalue weighted by Crippen LogP contribution is 2.46. The molecule has 0 bridgehead atoms. The minimum absolute atomic E-state index is 0.296. The molecule has 1 N–H and O–H groups in total.